The van der Waals surface area contributed by atoms with Crippen LogP contribution in [-0.4, -0.2) is 26.0 Å². The zero-order valence-corrected chi connectivity index (χ0v) is 13.6. The number of imidazole rings is 1. The Labute approximate surface area is 140 Å². The van der Waals surface area contributed by atoms with Gasteiger partial charge in [-0.2, -0.15) is 0 Å². The third-order valence-electron chi connectivity index (χ3n) is 4.69. The van der Waals surface area contributed by atoms with Crippen LogP contribution in [0.3, 0.4) is 0 Å². The second-order valence-electron chi connectivity index (χ2n) is 6.28. The zero-order chi connectivity index (χ0) is 16.5. The molecule has 2 aromatic heterocycles. The first-order chi connectivity index (χ1) is 11.7. The second kappa shape index (κ2) is 6.09. The standard InChI is InChI=1S/C19H20N4O/c1-22-9-7-14(11-17(22)24)12-23-10-8-16-18(21-13-20-16)19(23)15-5-3-2-4-6-15/h2-7,9,11,13,19H,8,10,12H2,1H3,(H,20,21). The molecule has 3 aromatic rings. The van der Waals surface area contributed by atoms with Crippen LogP contribution in [-0.2, 0) is 20.0 Å². The van der Waals surface area contributed by atoms with Crippen molar-refractivity contribution in [3.63, 3.8) is 0 Å². The summed E-state index contributed by atoms with van der Waals surface area (Å²) in [6, 6.07) is 14.3. The third-order valence-corrected chi connectivity index (χ3v) is 4.69. The molecule has 0 fully saturated rings. The van der Waals surface area contributed by atoms with Crippen LogP contribution in [0.2, 0.25) is 0 Å². The van der Waals surface area contributed by atoms with Gasteiger partial charge in [-0.25, -0.2) is 4.98 Å². The average Bonchev–Trinajstić information content (AvgIpc) is 3.07. The normalized spacial score (nSPS) is 17.6. The molecule has 122 valence electrons. The maximum Gasteiger partial charge on any atom is 0.250 e. The van der Waals surface area contributed by atoms with Gasteiger partial charge in [-0.05, 0) is 17.2 Å². The molecule has 1 aromatic carbocycles. The molecule has 3 heterocycles. The highest BCUT2D eigenvalue weighted by molar-refractivity contribution is 5.32. The highest BCUT2D eigenvalue weighted by Crippen LogP contribution is 2.34. The van der Waals surface area contributed by atoms with Gasteiger partial charge >= 0.3 is 0 Å². The minimum atomic E-state index is 0.0289. The fourth-order valence-corrected chi connectivity index (χ4v) is 3.42. The van der Waals surface area contributed by atoms with Gasteiger partial charge in [-0.15, -0.1) is 0 Å². The Kier molecular flexibility index (Phi) is 3.78. The predicted octanol–water partition coefficient (Wildman–Crippen LogP) is 2.26. The summed E-state index contributed by atoms with van der Waals surface area (Å²) in [6.45, 7) is 1.67. The van der Waals surface area contributed by atoms with Gasteiger partial charge in [0, 0.05) is 44.5 Å². The quantitative estimate of drug-likeness (QED) is 0.805. The van der Waals surface area contributed by atoms with E-state index in [2.05, 4.69) is 39.1 Å². The minimum Gasteiger partial charge on any atom is -0.348 e. The maximum atomic E-state index is 11.9. The first-order valence-corrected chi connectivity index (χ1v) is 8.19. The van der Waals surface area contributed by atoms with E-state index >= 15 is 0 Å². The van der Waals surface area contributed by atoms with Crippen molar-refractivity contribution in [2.45, 2.75) is 19.0 Å². The Hall–Kier alpha value is -2.66. The van der Waals surface area contributed by atoms with E-state index < -0.39 is 0 Å². The molecule has 24 heavy (non-hydrogen) atoms. The fourth-order valence-electron chi connectivity index (χ4n) is 3.42. The second-order valence-corrected chi connectivity index (χ2v) is 6.28. The number of aryl methyl sites for hydroxylation is 1. The largest absolute Gasteiger partial charge is 0.348 e. The molecule has 0 saturated heterocycles. The molecule has 4 rings (SSSR count). The number of benzene rings is 1. The summed E-state index contributed by atoms with van der Waals surface area (Å²) in [5.41, 5.74) is 4.61. The summed E-state index contributed by atoms with van der Waals surface area (Å²) in [5, 5.41) is 0. The van der Waals surface area contributed by atoms with Crippen LogP contribution in [0.5, 0.6) is 0 Å². The molecular weight excluding hydrogens is 300 g/mol. The molecule has 1 atom stereocenters. The molecule has 0 aliphatic carbocycles. The Morgan fingerprint density at radius 2 is 2.08 bits per heavy atom. The van der Waals surface area contributed by atoms with Gasteiger partial charge in [-0.3, -0.25) is 9.69 Å². The molecule has 1 aliphatic rings. The lowest BCUT2D eigenvalue weighted by Crippen LogP contribution is -2.36. The SMILES string of the molecule is Cn1ccc(CN2CCc3[nH]cnc3C2c2ccccc2)cc1=O. The third kappa shape index (κ3) is 2.67. The number of pyridine rings is 1. The topological polar surface area (TPSA) is 53.9 Å². The van der Waals surface area contributed by atoms with E-state index in [9.17, 15) is 4.79 Å². The molecule has 0 spiro atoms. The van der Waals surface area contributed by atoms with E-state index in [1.165, 1.54) is 11.3 Å². The van der Waals surface area contributed by atoms with E-state index in [4.69, 9.17) is 0 Å². The van der Waals surface area contributed by atoms with Crippen molar-refractivity contribution >= 4 is 0 Å². The van der Waals surface area contributed by atoms with E-state index in [0.717, 1.165) is 30.8 Å². The highest BCUT2D eigenvalue weighted by Gasteiger charge is 2.30. The monoisotopic (exact) mass is 320 g/mol. The van der Waals surface area contributed by atoms with Crippen LogP contribution in [0.4, 0.5) is 0 Å². The zero-order valence-electron chi connectivity index (χ0n) is 13.6. The van der Waals surface area contributed by atoms with Crippen molar-refractivity contribution in [1.29, 1.82) is 0 Å². The number of fused-ring (bicyclic) bond motifs is 1. The predicted molar refractivity (Wildman–Crippen MR) is 92.7 cm³/mol. The molecule has 1 N–H and O–H groups in total. The van der Waals surface area contributed by atoms with E-state index in [-0.39, 0.29) is 11.6 Å². The van der Waals surface area contributed by atoms with Crippen LogP contribution in [0.1, 0.15) is 28.6 Å². The van der Waals surface area contributed by atoms with Crippen molar-refractivity contribution in [2.75, 3.05) is 6.54 Å². The van der Waals surface area contributed by atoms with Crippen molar-refractivity contribution in [3.8, 4) is 0 Å². The number of nitrogens with one attached hydrogen (secondary N) is 1. The Morgan fingerprint density at radius 1 is 1.25 bits per heavy atom. The maximum absolute atomic E-state index is 11.9. The Morgan fingerprint density at radius 3 is 2.88 bits per heavy atom. The van der Waals surface area contributed by atoms with Crippen molar-refractivity contribution in [1.82, 2.24) is 19.4 Å². The molecule has 1 unspecified atom stereocenters. The number of nitrogens with zero attached hydrogens (tertiary/aromatic N) is 3. The summed E-state index contributed by atoms with van der Waals surface area (Å²) in [4.78, 5) is 22.2. The Balaban J connectivity index is 1.71. The molecule has 0 saturated carbocycles. The number of aromatic nitrogens is 3. The van der Waals surface area contributed by atoms with Crippen LogP contribution in [0.25, 0.3) is 0 Å². The summed E-state index contributed by atoms with van der Waals surface area (Å²) < 4.78 is 1.60. The molecule has 5 nitrogen and oxygen atoms in total. The van der Waals surface area contributed by atoms with Gasteiger partial charge < -0.3 is 9.55 Å². The first kappa shape index (κ1) is 14.9. The van der Waals surface area contributed by atoms with Crippen LogP contribution in [0.15, 0.2) is 59.8 Å². The lowest BCUT2D eigenvalue weighted by Gasteiger charge is -2.35. The number of H-pyrrole nitrogens is 1. The lowest BCUT2D eigenvalue weighted by atomic mass is 9.95. The molecular formula is C19H20N4O. The summed E-state index contributed by atoms with van der Waals surface area (Å²) >= 11 is 0. The van der Waals surface area contributed by atoms with E-state index in [1.807, 2.05) is 18.3 Å². The van der Waals surface area contributed by atoms with Gasteiger partial charge in [0.05, 0.1) is 18.1 Å². The van der Waals surface area contributed by atoms with Crippen molar-refractivity contribution < 1.29 is 0 Å². The van der Waals surface area contributed by atoms with E-state index in [0.29, 0.717) is 0 Å². The first-order valence-electron chi connectivity index (χ1n) is 8.19. The van der Waals surface area contributed by atoms with Crippen LogP contribution < -0.4 is 5.56 Å². The fraction of sp³-hybridized carbons (Fsp3) is 0.263. The minimum absolute atomic E-state index is 0.0289. The van der Waals surface area contributed by atoms with Gasteiger partial charge in [0.2, 0.25) is 0 Å². The Bertz CT molecular complexity index is 897. The molecule has 0 bridgehead atoms. The number of rotatable bonds is 3. The van der Waals surface area contributed by atoms with Gasteiger partial charge in [0.15, 0.2) is 0 Å². The number of hydrogen-bond donors (Lipinski definition) is 1. The molecule has 0 radical (unpaired) electrons. The lowest BCUT2D eigenvalue weighted by molar-refractivity contribution is 0.200. The summed E-state index contributed by atoms with van der Waals surface area (Å²) in [7, 11) is 1.77. The number of hydrogen-bond acceptors (Lipinski definition) is 3. The molecule has 1 aliphatic heterocycles. The summed E-state index contributed by atoms with van der Waals surface area (Å²) in [5.74, 6) is 0. The molecule has 5 heteroatoms. The van der Waals surface area contributed by atoms with E-state index in [1.54, 1.807) is 24.0 Å². The van der Waals surface area contributed by atoms with Gasteiger partial charge in [0.1, 0.15) is 0 Å². The summed E-state index contributed by atoms with van der Waals surface area (Å²) in [6.07, 6.45) is 4.56. The highest BCUT2D eigenvalue weighted by atomic mass is 16.1. The van der Waals surface area contributed by atoms with Crippen molar-refractivity contribution in [3.05, 3.63) is 87.9 Å². The van der Waals surface area contributed by atoms with Gasteiger partial charge in [0.25, 0.3) is 5.56 Å². The van der Waals surface area contributed by atoms with Crippen molar-refractivity contribution in [2.24, 2.45) is 7.05 Å². The van der Waals surface area contributed by atoms with Crippen LogP contribution in [0, 0.1) is 0 Å². The van der Waals surface area contributed by atoms with Gasteiger partial charge in [-0.1, -0.05) is 30.3 Å². The van der Waals surface area contributed by atoms with Crippen LogP contribution >= 0.6 is 0 Å². The number of aromatic amines is 1. The smallest absolute Gasteiger partial charge is 0.250 e. The molecule has 0 amide bonds. The average molecular weight is 320 g/mol.